The fraction of sp³-hybridized carbons (Fsp3) is 0.385. The first-order chi connectivity index (χ1) is 15.7. The van der Waals surface area contributed by atoms with E-state index in [1.54, 1.807) is 16.3 Å². The van der Waals surface area contributed by atoms with Crippen LogP contribution in [0.2, 0.25) is 0 Å². The number of carbonyl (C=O) groups is 1. The SMILES string of the molecule is O=C([C@@H]1CSc2c(C3CC3)c(Cc3cccc4ccccc34)cc(=O)n21)N1CCOCC1. The first kappa shape index (κ1) is 20.1. The van der Waals surface area contributed by atoms with Gasteiger partial charge < -0.3 is 9.64 Å². The van der Waals surface area contributed by atoms with E-state index >= 15 is 0 Å². The smallest absolute Gasteiger partial charge is 0.252 e. The molecule has 1 atom stereocenters. The molecule has 2 aromatic carbocycles. The average molecular weight is 447 g/mol. The van der Waals surface area contributed by atoms with Gasteiger partial charge in [-0.1, -0.05) is 42.5 Å². The maximum absolute atomic E-state index is 13.3. The fourth-order valence-electron chi connectivity index (χ4n) is 5.12. The Morgan fingerprint density at radius 3 is 2.62 bits per heavy atom. The molecular weight excluding hydrogens is 420 g/mol. The maximum atomic E-state index is 13.3. The molecular formula is C26H26N2O3S. The van der Waals surface area contributed by atoms with E-state index in [1.165, 1.54) is 21.9 Å². The molecule has 3 aromatic rings. The molecule has 0 spiro atoms. The lowest BCUT2D eigenvalue weighted by molar-refractivity contribution is -0.138. The lowest BCUT2D eigenvalue weighted by Gasteiger charge is -2.29. The Morgan fingerprint density at radius 1 is 1.03 bits per heavy atom. The molecule has 6 heteroatoms. The third-order valence-corrected chi connectivity index (χ3v) is 8.05. The van der Waals surface area contributed by atoms with Crippen molar-refractivity contribution in [3.05, 3.63) is 75.6 Å². The third kappa shape index (κ3) is 3.46. The molecule has 1 amide bonds. The zero-order chi connectivity index (χ0) is 21.7. The number of fused-ring (bicyclic) bond motifs is 2. The second kappa shape index (κ2) is 8.09. The second-order valence-corrected chi connectivity index (χ2v) is 9.96. The summed E-state index contributed by atoms with van der Waals surface area (Å²) in [5.41, 5.74) is 3.64. The summed E-state index contributed by atoms with van der Waals surface area (Å²) < 4.78 is 7.19. The van der Waals surface area contributed by atoms with E-state index in [9.17, 15) is 9.59 Å². The zero-order valence-corrected chi connectivity index (χ0v) is 18.8. The van der Waals surface area contributed by atoms with Crippen molar-refractivity contribution in [3.8, 4) is 0 Å². The molecule has 0 unspecified atom stereocenters. The van der Waals surface area contributed by atoms with Gasteiger partial charge in [0.15, 0.2) is 0 Å². The number of carbonyl (C=O) groups excluding carboxylic acids is 1. The number of benzene rings is 2. The van der Waals surface area contributed by atoms with Crippen molar-refractivity contribution >= 4 is 28.4 Å². The minimum atomic E-state index is -0.398. The summed E-state index contributed by atoms with van der Waals surface area (Å²) in [5.74, 6) is 1.21. The molecule has 5 nitrogen and oxygen atoms in total. The Balaban J connectivity index is 1.40. The number of hydrogen-bond acceptors (Lipinski definition) is 4. The Labute approximate surface area is 191 Å². The van der Waals surface area contributed by atoms with Crippen molar-refractivity contribution in [3.63, 3.8) is 0 Å². The lowest BCUT2D eigenvalue weighted by Crippen LogP contribution is -2.45. The molecule has 1 aromatic heterocycles. The molecule has 0 N–H and O–H groups in total. The van der Waals surface area contributed by atoms with Gasteiger partial charge in [0, 0.05) is 24.9 Å². The van der Waals surface area contributed by atoms with Crippen LogP contribution in [0.4, 0.5) is 0 Å². The van der Waals surface area contributed by atoms with Gasteiger partial charge in [0.25, 0.3) is 5.56 Å². The summed E-state index contributed by atoms with van der Waals surface area (Å²) in [5, 5.41) is 3.49. The van der Waals surface area contributed by atoms with Crippen molar-refractivity contribution in [1.29, 1.82) is 0 Å². The Kier molecular flexibility index (Phi) is 5.07. The van der Waals surface area contributed by atoms with E-state index in [0.29, 0.717) is 38.0 Å². The summed E-state index contributed by atoms with van der Waals surface area (Å²) >= 11 is 1.69. The van der Waals surface area contributed by atoms with E-state index in [-0.39, 0.29) is 11.5 Å². The monoisotopic (exact) mass is 446 g/mol. The van der Waals surface area contributed by atoms with Gasteiger partial charge in [-0.25, -0.2) is 0 Å². The number of rotatable bonds is 4. The Morgan fingerprint density at radius 2 is 1.81 bits per heavy atom. The van der Waals surface area contributed by atoms with E-state index in [4.69, 9.17) is 4.74 Å². The molecule has 6 rings (SSSR count). The maximum Gasteiger partial charge on any atom is 0.252 e. The number of ether oxygens (including phenoxy) is 1. The average Bonchev–Trinajstić information content (AvgIpc) is 3.56. The van der Waals surface area contributed by atoms with Crippen molar-refractivity contribution in [2.75, 3.05) is 32.1 Å². The van der Waals surface area contributed by atoms with E-state index < -0.39 is 6.04 Å². The van der Waals surface area contributed by atoms with Crippen molar-refractivity contribution in [1.82, 2.24) is 9.47 Å². The van der Waals surface area contributed by atoms with Gasteiger partial charge in [-0.05, 0) is 52.6 Å². The molecule has 1 saturated heterocycles. The molecule has 0 bridgehead atoms. The standard InChI is InChI=1S/C26H26N2O3S/c29-23-15-20(14-19-6-3-5-17-4-1-2-7-21(17)19)24(18-8-9-18)26-28(23)22(16-32-26)25(30)27-10-12-31-13-11-27/h1-7,15,18,22H,8-14,16H2/t22-/m0/s1. The van der Waals surface area contributed by atoms with Crippen LogP contribution in [0.25, 0.3) is 10.8 Å². The van der Waals surface area contributed by atoms with Crippen molar-refractivity contribution in [2.45, 2.75) is 36.2 Å². The van der Waals surface area contributed by atoms with E-state index in [2.05, 4.69) is 42.5 Å². The van der Waals surface area contributed by atoms with Crippen molar-refractivity contribution < 1.29 is 9.53 Å². The lowest BCUT2D eigenvalue weighted by atomic mass is 9.95. The number of aromatic nitrogens is 1. The van der Waals surface area contributed by atoms with Crippen LogP contribution in [0.15, 0.2) is 58.4 Å². The van der Waals surface area contributed by atoms with Crippen LogP contribution in [0.5, 0.6) is 0 Å². The second-order valence-electron chi connectivity index (χ2n) is 8.95. The quantitative estimate of drug-likeness (QED) is 0.609. The zero-order valence-electron chi connectivity index (χ0n) is 18.0. The van der Waals surface area contributed by atoms with Crippen LogP contribution in [0, 0.1) is 0 Å². The molecule has 164 valence electrons. The summed E-state index contributed by atoms with van der Waals surface area (Å²) in [6.45, 7) is 2.37. The minimum absolute atomic E-state index is 0.0451. The number of morpholine rings is 1. The molecule has 2 fully saturated rings. The summed E-state index contributed by atoms with van der Waals surface area (Å²) in [6.07, 6.45) is 3.08. The molecule has 3 heterocycles. The first-order valence-electron chi connectivity index (χ1n) is 11.4. The molecule has 1 aliphatic carbocycles. The largest absolute Gasteiger partial charge is 0.378 e. The van der Waals surface area contributed by atoms with Gasteiger partial charge in [-0.2, -0.15) is 0 Å². The summed E-state index contributed by atoms with van der Waals surface area (Å²) in [6, 6.07) is 16.2. The van der Waals surface area contributed by atoms with Crippen LogP contribution in [-0.2, 0) is 16.0 Å². The van der Waals surface area contributed by atoms with Gasteiger partial charge in [0.1, 0.15) is 6.04 Å². The number of thioether (sulfide) groups is 1. The number of pyridine rings is 1. The highest BCUT2D eigenvalue weighted by Gasteiger charge is 2.39. The van der Waals surface area contributed by atoms with Crippen LogP contribution < -0.4 is 5.56 Å². The predicted octanol–water partition coefficient (Wildman–Crippen LogP) is 3.98. The highest BCUT2D eigenvalue weighted by atomic mass is 32.2. The first-order valence-corrected chi connectivity index (χ1v) is 12.4. The van der Waals surface area contributed by atoms with Gasteiger partial charge in [-0.3, -0.25) is 14.2 Å². The van der Waals surface area contributed by atoms with Crippen LogP contribution >= 0.6 is 11.8 Å². The summed E-state index contributed by atoms with van der Waals surface area (Å²) in [7, 11) is 0. The number of nitrogens with zero attached hydrogens (tertiary/aromatic N) is 2. The predicted molar refractivity (Wildman–Crippen MR) is 127 cm³/mol. The van der Waals surface area contributed by atoms with Crippen LogP contribution in [-0.4, -0.2) is 47.4 Å². The van der Waals surface area contributed by atoms with Crippen LogP contribution in [0.3, 0.4) is 0 Å². The number of hydrogen-bond donors (Lipinski definition) is 0. The molecule has 32 heavy (non-hydrogen) atoms. The molecule has 0 radical (unpaired) electrons. The molecule has 1 saturated carbocycles. The van der Waals surface area contributed by atoms with Gasteiger partial charge in [0.2, 0.25) is 5.91 Å². The minimum Gasteiger partial charge on any atom is -0.378 e. The van der Waals surface area contributed by atoms with Crippen molar-refractivity contribution in [2.24, 2.45) is 0 Å². The third-order valence-electron chi connectivity index (χ3n) is 6.87. The highest BCUT2D eigenvalue weighted by Crippen LogP contribution is 2.49. The number of amides is 1. The van der Waals surface area contributed by atoms with Crippen LogP contribution in [0.1, 0.15) is 41.5 Å². The van der Waals surface area contributed by atoms with Gasteiger partial charge in [0.05, 0.1) is 18.2 Å². The molecule has 3 aliphatic rings. The fourth-order valence-corrected chi connectivity index (χ4v) is 6.54. The summed E-state index contributed by atoms with van der Waals surface area (Å²) in [4.78, 5) is 28.4. The van der Waals surface area contributed by atoms with Gasteiger partial charge >= 0.3 is 0 Å². The van der Waals surface area contributed by atoms with E-state index in [0.717, 1.165) is 29.9 Å². The molecule has 2 aliphatic heterocycles. The Hall–Kier alpha value is -2.57. The van der Waals surface area contributed by atoms with Gasteiger partial charge in [-0.15, -0.1) is 11.8 Å². The highest BCUT2D eigenvalue weighted by molar-refractivity contribution is 7.99. The topological polar surface area (TPSA) is 51.5 Å². The van der Waals surface area contributed by atoms with E-state index in [1.807, 2.05) is 11.0 Å². The normalized spacial score (nSPS) is 20.5. The Bertz CT molecular complexity index is 1250.